The van der Waals surface area contributed by atoms with E-state index in [9.17, 15) is 0 Å². The lowest BCUT2D eigenvalue weighted by Crippen LogP contribution is -2.73. The molecule has 2 aliphatic rings. The van der Waals surface area contributed by atoms with Crippen molar-refractivity contribution in [2.75, 3.05) is 50.1 Å². The van der Waals surface area contributed by atoms with Crippen LogP contribution in [0, 0.1) is 20.8 Å². The van der Waals surface area contributed by atoms with Gasteiger partial charge in [0, 0.05) is 36.1 Å². The Labute approximate surface area is 190 Å². The summed E-state index contributed by atoms with van der Waals surface area (Å²) in [6, 6.07) is 13.3. The summed E-state index contributed by atoms with van der Waals surface area (Å²) in [6.07, 6.45) is 0. The Morgan fingerprint density at radius 2 is 1.88 bits per heavy atom. The van der Waals surface area contributed by atoms with Crippen molar-refractivity contribution >= 4 is 22.3 Å². The molecular weight excluding hydrogens is 398 g/mol. The number of morpholine rings is 1. The monoisotopic (exact) mass is 431 g/mol. The van der Waals surface area contributed by atoms with Crippen LogP contribution in [0.5, 0.6) is 0 Å². The van der Waals surface area contributed by atoms with Crippen LogP contribution in [0.25, 0.3) is 10.8 Å². The number of nitrogens with zero attached hydrogens (tertiary/aromatic N) is 4. The summed E-state index contributed by atoms with van der Waals surface area (Å²) in [7, 11) is 2.22. The summed E-state index contributed by atoms with van der Waals surface area (Å²) >= 11 is 0. The van der Waals surface area contributed by atoms with Gasteiger partial charge < -0.3 is 15.0 Å². The maximum atomic E-state index is 5.79. The van der Waals surface area contributed by atoms with E-state index in [0.717, 1.165) is 55.1 Å². The normalized spacial score (nSPS) is 19.2. The number of aromatic nitrogens is 2. The van der Waals surface area contributed by atoms with Crippen molar-refractivity contribution in [3.63, 3.8) is 0 Å². The van der Waals surface area contributed by atoms with Crippen LogP contribution in [0.1, 0.15) is 35.3 Å². The SMILES string of the molecule is Cc1cccc([C@@H](C)Nc2nnc(C)c3ccc(N4CC5(COCCN5C)C4)cc23)c1C. The number of benzene rings is 2. The highest BCUT2D eigenvalue weighted by Crippen LogP contribution is 2.37. The van der Waals surface area contributed by atoms with Crippen molar-refractivity contribution in [2.45, 2.75) is 39.3 Å². The smallest absolute Gasteiger partial charge is 0.157 e. The molecule has 32 heavy (non-hydrogen) atoms. The van der Waals surface area contributed by atoms with Crippen LogP contribution in [0.15, 0.2) is 36.4 Å². The molecule has 3 aromatic rings. The van der Waals surface area contributed by atoms with E-state index in [2.05, 4.69) is 89.5 Å². The van der Waals surface area contributed by atoms with Crippen LogP contribution in [0.2, 0.25) is 0 Å². The highest BCUT2D eigenvalue weighted by molar-refractivity contribution is 5.95. The molecule has 6 nitrogen and oxygen atoms in total. The van der Waals surface area contributed by atoms with Crippen LogP contribution >= 0.6 is 0 Å². The van der Waals surface area contributed by atoms with Crippen molar-refractivity contribution in [2.24, 2.45) is 0 Å². The number of nitrogens with one attached hydrogen (secondary N) is 1. The van der Waals surface area contributed by atoms with Crippen LogP contribution in [0.3, 0.4) is 0 Å². The molecule has 0 saturated carbocycles. The Bertz CT molecular complexity index is 1150. The predicted octanol–water partition coefficient (Wildman–Crippen LogP) is 4.25. The van der Waals surface area contributed by atoms with Gasteiger partial charge in [0.05, 0.1) is 30.5 Å². The average molecular weight is 432 g/mol. The third-order valence-electron chi connectivity index (χ3n) is 7.50. The zero-order chi connectivity index (χ0) is 22.5. The molecule has 2 saturated heterocycles. The molecule has 2 fully saturated rings. The van der Waals surface area contributed by atoms with Gasteiger partial charge in [-0.05, 0) is 63.6 Å². The minimum absolute atomic E-state index is 0.138. The molecule has 0 amide bonds. The van der Waals surface area contributed by atoms with Crippen molar-refractivity contribution in [3.05, 3.63) is 58.8 Å². The summed E-state index contributed by atoms with van der Waals surface area (Å²) < 4.78 is 5.79. The summed E-state index contributed by atoms with van der Waals surface area (Å²) in [6.45, 7) is 13.2. The first kappa shape index (κ1) is 21.2. The van der Waals surface area contributed by atoms with Gasteiger partial charge in [0.1, 0.15) is 0 Å². The Hall–Kier alpha value is -2.70. The first-order valence-corrected chi connectivity index (χ1v) is 11.5. The first-order chi connectivity index (χ1) is 15.4. The van der Waals surface area contributed by atoms with Crippen LogP contribution in [-0.4, -0.2) is 60.5 Å². The standard InChI is InChI=1S/C26H33N5O/c1-17-7-6-8-22(18(17)2)19(3)27-25-24-13-21(9-10-23(24)20(4)28-29-25)31-14-26(15-31)16-32-12-11-30(26)5/h6-10,13,19H,11-12,14-16H2,1-5H3,(H,27,29)/t19-/m1/s1. The molecule has 0 bridgehead atoms. The second-order valence-corrected chi connectivity index (χ2v) is 9.57. The van der Waals surface area contributed by atoms with Gasteiger partial charge in [-0.15, -0.1) is 5.10 Å². The van der Waals surface area contributed by atoms with Gasteiger partial charge in [-0.1, -0.05) is 24.3 Å². The molecule has 1 N–H and O–H groups in total. The Morgan fingerprint density at radius 3 is 2.66 bits per heavy atom. The van der Waals surface area contributed by atoms with Crippen LogP contribution < -0.4 is 10.2 Å². The van der Waals surface area contributed by atoms with E-state index in [4.69, 9.17) is 4.74 Å². The summed E-state index contributed by atoms with van der Waals surface area (Å²) in [5.74, 6) is 0.842. The molecule has 168 valence electrons. The van der Waals surface area contributed by atoms with Gasteiger partial charge in [-0.25, -0.2) is 0 Å². The molecule has 5 rings (SSSR count). The first-order valence-electron chi connectivity index (χ1n) is 11.5. The van der Waals surface area contributed by atoms with Gasteiger partial charge >= 0.3 is 0 Å². The maximum Gasteiger partial charge on any atom is 0.157 e. The highest BCUT2D eigenvalue weighted by Gasteiger charge is 2.48. The molecule has 2 aliphatic heterocycles. The fraction of sp³-hybridized carbons (Fsp3) is 0.462. The summed E-state index contributed by atoms with van der Waals surface area (Å²) in [5.41, 5.74) is 6.26. The molecule has 1 aromatic heterocycles. The van der Waals surface area contributed by atoms with Crippen molar-refractivity contribution in [3.8, 4) is 0 Å². The number of hydrogen-bond acceptors (Lipinski definition) is 6. The van der Waals surface area contributed by atoms with E-state index in [1.54, 1.807) is 0 Å². The van der Waals surface area contributed by atoms with Crippen molar-refractivity contribution < 1.29 is 4.74 Å². The molecule has 0 radical (unpaired) electrons. The lowest BCUT2D eigenvalue weighted by atomic mass is 9.87. The second kappa shape index (κ2) is 8.01. The fourth-order valence-electron chi connectivity index (χ4n) is 5.10. The minimum atomic E-state index is 0.138. The minimum Gasteiger partial charge on any atom is -0.378 e. The average Bonchev–Trinajstić information content (AvgIpc) is 2.76. The lowest BCUT2D eigenvalue weighted by molar-refractivity contribution is -0.0690. The fourth-order valence-corrected chi connectivity index (χ4v) is 5.10. The van der Waals surface area contributed by atoms with Gasteiger partial charge in [-0.3, -0.25) is 4.90 Å². The molecule has 3 heterocycles. The number of ether oxygens (including phenoxy) is 1. The topological polar surface area (TPSA) is 53.5 Å². The number of aryl methyl sites for hydroxylation is 2. The van der Waals surface area contributed by atoms with Crippen molar-refractivity contribution in [1.29, 1.82) is 0 Å². The largest absolute Gasteiger partial charge is 0.378 e. The molecule has 0 aliphatic carbocycles. The zero-order valence-electron chi connectivity index (χ0n) is 19.8. The van der Waals surface area contributed by atoms with Crippen LogP contribution in [0.4, 0.5) is 11.5 Å². The van der Waals surface area contributed by atoms with E-state index in [1.165, 1.54) is 22.4 Å². The zero-order valence-corrected chi connectivity index (χ0v) is 19.8. The van der Waals surface area contributed by atoms with E-state index < -0.39 is 0 Å². The van der Waals surface area contributed by atoms with Gasteiger partial charge in [0.15, 0.2) is 5.82 Å². The van der Waals surface area contributed by atoms with Gasteiger partial charge in [0.2, 0.25) is 0 Å². The second-order valence-electron chi connectivity index (χ2n) is 9.57. The third kappa shape index (κ3) is 3.51. The number of anilines is 2. The number of likely N-dealkylation sites (N-methyl/N-ethyl adjacent to an activating group) is 1. The number of fused-ring (bicyclic) bond motifs is 1. The van der Waals surface area contributed by atoms with E-state index in [-0.39, 0.29) is 11.6 Å². The summed E-state index contributed by atoms with van der Waals surface area (Å²) in [4.78, 5) is 4.90. The molecule has 1 spiro atoms. The quantitative estimate of drug-likeness (QED) is 0.667. The Kier molecular flexibility index (Phi) is 5.30. The molecule has 1 atom stereocenters. The Balaban J connectivity index is 1.44. The Morgan fingerprint density at radius 1 is 1.06 bits per heavy atom. The molecule has 6 heteroatoms. The van der Waals surface area contributed by atoms with Crippen LogP contribution in [-0.2, 0) is 4.74 Å². The van der Waals surface area contributed by atoms with E-state index in [1.807, 2.05) is 6.92 Å². The highest BCUT2D eigenvalue weighted by atomic mass is 16.5. The number of hydrogen-bond donors (Lipinski definition) is 1. The lowest BCUT2D eigenvalue weighted by Gasteiger charge is -2.57. The van der Waals surface area contributed by atoms with E-state index in [0.29, 0.717) is 0 Å². The molecule has 2 aromatic carbocycles. The molecular formula is C26H33N5O. The van der Waals surface area contributed by atoms with Gasteiger partial charge in [0.25, 0.3) is 0 Å². The van der Waals surface area contributed by atoms with Crippen molar-refractivity contribution in [1.82, 2.24) is 15.1 Å². The number of rotatable bonds is 4. The van der Waals surface area contributed by atoms with E-state index >= 15 is 0 Å². The maximum absolute atomic E-state index is 5.79. The predicted molar refractivity (Wildman–Crippen MR) is 131 cm³/mol. The summed E-state index contributed by atoms with van der Waals surface area (Å²) in [5, 5.41) is 14.9. The third-order valence-corrected chi connectivity index (χ3v) is 7.50. The van der Waals surface area contributed by atoms with Gasteiger partial charge in [-0.2, -0.15) is 5.10 Å². The molecule has 0 unspecified atom stereocenters.